The van der Waals surface area contributed by atoms with E-state index in [0.717, 1.165) is 0 Å². The van der Waals surface area contributed by atoms with Crippen molar-refractivity contribution in [1.82, 2.24) is 15.0 Å². The molecule has 0 N–H and O–H groups in total. The topological polar surface area (TPSA) is 30.7 Å². The zero-order valence-corrected chi connectivity index (χ0v) is 7.22. The zero-order chi connectivity index (χ0) is 8.65. The number of aromatic nitrogens is 3. The number of rotatable bonds is 0. The second-order valence-corrected chi connectivity index (χ2v) is 3.55. The Bertz CT molecular complexity index is 259. The second kappa shape index (κ2) is 2.29. The lowest BCUT2D eigenvalue weighted by Crippen LogP contribution is -2.25. The van der Waals surface area contributed by atoms with Gasteiger partial charge in [0.05, 0.1) is 5.54 Å². The van der Waals surface area contributed by atoms with E-state index < -0.39 is 0 Å². The highest BCUT2D eigenvalue weighted by Crippen LogP contribution is 2.14. The molecule has 11 heavy (non-hydrogen) atoms. The molecule has 0 radical (unpaired) electrons. The van der Waals surface area contributed by atoms with Crippen molar-refractivity contribution in [3.8, 4) is 0 Å². The van der Waals surface area contributed by atoms with Crippen molar-refractivity contribution in [1.29, 1.82) is 0 Å². The van der Waals surface area contributed by atoms with Gasteiger partial charge in [-0.1, -0.05) is 5.21 Å². The SMILES string of the molecule is Cc1nnn(C(C)(C)C)c1F. The summed E-state index contributed by atoms with van der Waals surface area (Å²) in [6.07, 6.45) is 0. The summed E-state index contributed by atoms with van der Waals surface area (Å²) in [7, 11) is 0. The minimum atomic E-state index is -0.350. The maximum Gasteiger partial charge on any atom is 0.235 e. The van der Waals surface area contributed by atoms with Crippen LogP contribution in [0.5, 0.6) is 0 Å². The highest BCUT2D eigenvalue weighted by Gasteiger charge is 2.20. The van der Waals surface area contributed by atoms with Gasteiger partial charge in [-0.3, -0.25) is 0 Å². The lowest BCUT2D eigenvalue weighted by molar-refractivity contribution is 0.294. The highest BCUT2D eigenvalue weighted by atomic mass is 19.1. The predicted molar refractivity (Wildman–Crippen MR) is 39.7 cm³/mol. The molecule has 0 bridgehead atoms. The van der Waals surface area contributed by atoms with Crippen LogP contribution in [0.3, 0.4) is 0 Å². The molecule has 0 fully saturated rings. The summed E-state index contributed by atoms with van der Waals surface area (Å²) < 4.78 is 14.4. The molecule has 0 aliphatic rings. The first kappa shape index (κ1) is 8.17. The van der Waals surface area contributed by atoms with E-state index in [4.69, 9.17) is 0 Å². The number of nitrogens with zero attached hydrogens (tertiary/aromatic N) is 3. The third-order valence-corrected chi connectivity index (χ3v) is 1.40. The molecule has 0 unspecified atom stereocenters. The van der Waals surface area contributed by atoms with E-state index in [9.17, 15) is 4.39 Å². The zero-order valence-electron chi connectivity index (χ0n) is 7.22. The van der Waals surface area contributed by atoms with Crippen molar-refractivity contribution < 1.29 is 4.39 Å². The standard InChI is InChI=1S/C7H12FN3/c1-5-6(8)11(10-9-5)7(2,3)4/h1-4H3. The summed E-state index contributed by atoms with van der Waals surface area (Å²) in [5, 5.41) is 7.30. The molecule has 0 atom stereocenters. The van der Waals surface area contributed by atoms with Crippen LogP contribution in [0.15, 0.2) is 0 Å². The first-order valence-corrected chi connectivity index (χ1v) is 3.51. The molecule has 1 aromatic heterocycles. The summed E-state index contributed by atoms with van der Waals surface area (Å²) in [6.45, 7) is 7.24. The molecule has 0 aliphatic heterocycles. The van der Waals surface area contributed by atoms with Crippen LogP contribution in [0, 0.1) is 12.9 Å². The van der Waals surface area contributed by atoms with Gasteiger partial charge in [0, 0.05) is 0 Å². The molecule has 0 spiro atoms. The summed E-state index contributed by atoms with van der Waals surface area (Å²) in [4.78, 5) is 0. The molecule has 0 saturated carbocycles. The van der Waals surface area contributed by atoms with E-state index in [1.54, 1.807) is 6.92 Å². The fourth-order valence-corrected chi connectivity index (χ4v) is 0.774. The number of halogens is 1. The van der Waals surface area contributed by atoms with Crippen LogP contribution in [0.2, 0.25) is 0 Å². The largest absolute Gasteiger partial charge is 0.235 e. The Morgan fingerprint density at radius 2 is 1.91 bits per heavy atom. The summed E-state index contributed by atoms with van der Waals surface area (Å²) in [6, 6.07) is 0. The molecule has 0 aromatic carbocycles. The van der Waals surface area contributed by atoms with Gasteiger partial charge < -0.3 is 0 Å². The van der Waals surface area contributed by atoms with Crippen LogP contribution in [0.1, 0.15) is 26.5 Å². The summed E-state index contributed by atoms with van der Waals surface area (Å²) in [5.41, 5.74) is 0.0191. The maximum atomic E-state index is 13.1. The van der Waals surface area contributed by atoms with Crippen LogP contribution < -0.4 is 0 Å². The van der Waals surface area contributed by atoms with E-state index >= 15 is 0 Å². The van der Waals surface area contributed by atoms with Gasteiger partial charge in [-0.05, 0) is 27.7 Å². The molecular formula is C7H12FN3. The van der Waals surface area contributed by atoms with Gasteiger partial charge in [0.15, 0.2) is 0 Å². The van der Waals surface area contributed by atoms with Crippen molar-refractivity contribution in [3.05, 3.63) is 11.6 Å². The fourth-order valence-electron chi connectivity index (χ4n) is 0.774. The number of aryl methyl sites for hydroxylation is 1. The van der Waals surface area contributed by atoms with Crippen molar-refractivity contribution in [2.24, 2.45) is 0 Å². The second-order valence-electron chi connectivity index (χ2n) is 3.55. The Morgan fingerprint density at radius 3 is 2.09 bits per heavy atom. The minimum Gasteiger partial charge on any atom is -0.214 e. The monoisotopic (exact) mass is 157 g/mol. The van der Waals surface area contributed by atoms with Crippen molar-refractivity contribution in [2.75, 3.05) is 0 Å². The van der Waals surface area contributed by atoms with E-state index in [0.29, 0.717) is 5.69 Å². The summed E-state index contributed by atoms with van der Waals surface area (Å²) >= 11 is 0. The molecule has 0 aliphatic carbocycles. The van der Waals surface area contributed by atoms with E-state index in [1.807, 2.05) is 20.8 Å². The van der Waals surface area contributed by atoms with Gasteiger partial charge in [0.1, 0.15) is 5.69 Å². The van der Waals surface area contributed by atoms with Gasteiger partial charge in [-0.2, -0.15) is 4.39 Å². The molecule has 0 saturated heterocycles. The van der Waals surface area contributed by atoms with Gasteiger partial charge in [0.25, 0.3) is 0 Å². The van der Waals surface area contributed by atoms with Crippen molar-refractivity contribution in [2.45, 2.75) is 33.2 Å². The molecule has 62 valence electrons. The van der Waals surface area contributed by atoms with Gasteiger partial charge in [-0.15, -0.1) is 5.10 Å². The number of hydrogen-bond donors (Lipinski definition) is 0. The Hall–Kier alpha value is -0.930. The Kier molecular flexibility index (Phi) is 1.70. The summed E-state index contributed by atoms with van der Waals surface area (Å²) in [5.74, 6) is -0.350. The molecule has 1 aromatic rings. The first-order valence-electron chi connectivity index (χ1n) is 3.51. The quantitative estimate of drug-likeness (QED) is 0.571. The molecular weight excluding hydrogens is 145 g/mol. The fraction of sp³-hybridized carbons (Fsp3) is 0.714. The molecule has 3 nitrogen and oxygen atoms in total. The average Bonchev–Trinajstić information content (AvgIpc) is 2.11. The molecule has 4 heteroatoms. The van der Waals surface area contributed by atoms with Crippen molar-refractivity contribution in [3.63, 3.8) is 0 Å². The van der Waals surface area contributed by atoms with Crippen LogP contribution in [-0.2, 0) is 5.54 Å². The van der Waals surface area contributed by atoms with Crippen molar-refractivity contribution >= 4 is 0 Å². The van der Waals surface area contributed by atoms with E-state index in [1.165, 1.54) is 4.68 Å². The average molecular weight is 157 g/mol. The highest BCUT2D eigenvalue weighted by molar-refractivity contribution is 4.94. The van der Waals surface area contributed by atoms with Gasteiger partial charge >= 0.3 is 0 Å². The molecule has 1 heterocycles. The minimum absolute atomic E-state index is 0.328. The maximum absolute atomic E-state index is 13.1. The van der Waals surface area contributed by atoms with E-state index in [-0.39, 0.29) is 11.5 Å². The van der Waals surface area contributed by atoms with Crippen LogP contribution in [0.25, 0.3) is 0 Å². The first-order chi connectivity index (χ1) is 4.93. The van der Waals surface area contributed by atoms with Gasteiger partial charge in [0.2, 0.25) is 5.95 Å². The van der Waals surface area contributed by atoms with Gasteiger partial charge in [-0.25, -0.2) is 4.68 Å². The van der Waals surface area contributed by atoms with E-state index in [2.05, 4.69) is 10.3 Å². The smallest absolute Gasteiger partial charge is 0.214 e. The third-order valence-electron chi connectivity index (χ3n) is 1.40. The lowest BCUT2D eigenvalue weighted by Gasteiger charge is -2.17. The normalized spacial score (nSPS) is 12.1. The van der Waals surface area contributed by atoms with Crippen LogP contribution in [-0.4, -0.2) is 15.0 Å². The Morgan fingerprint density at radius 1 is 1.36 bits per heavy atom. The van der Waals surface area contributed by atoms with Crippen LogP contribution >= 0.6 is 0 Å². The molecule has 0 amide bonds. The lowest BCUT2D eigenvalue weighted by atomic mass is 10.1. The van der Waals surface area contributed by atoms with Crippen LogP contribution in [0.4, 0.5) is 4.39 Å². The third kappa shape index (κ3) is 1.39. The molecule has 1 rings (SSSR count). The Balaban J connectivity index is 3.15. The predicted octanol–water partition coefficient (Wildman–Crippen LogP) is 1.48. The number of hydrogen-bond acceptors (Lipinski definition) is 2. The Labute approximate surface area is 65.2 Å².